The van der Waals surface area contributed by atoms with Crippen LogP contribution in [0.4, 0.5) is 0 Å². The lowest BCUT2D eigenvalue weighted by Crippen LogP contribution is -2.45. The maximum Gasteiger partial charge on any atom is 0.305 e. The zero-order valence-electron chi connectivity index (χ0n) is 37.6. The summed E-state index contributed by atoms with van der Waals surface area (Å²) in [6, 6.07) is -0.550. The topological polar surface area (TPSA) is 95.9 Å². The number of esters is 1. The first kappa shape index (κ1) is 54.6. The molecule has 3 N–H and O–H groups in total. The van der Waals surface area contributed by atoms with E-state index in [2.05, 4.69) is 31.3 Å². The number of nitrogens with one attached hydrogen (secondary N) is 1. The zero-order chi connectivity index (χ0) is 40.8. The molecule has 0 aromatic rings. The quantitative estimate of drug-likeness (QED) is 0.0324. The summed E-state index contributed by atoms with van der Waals surface area (Å²) in [4.78, 5) is 24.4. The predicted molar refractivity (Wildman–Crippen MR) is 241 cm³/mol. The Hall–Kier alpha value is -1.40. The van der Waals surface area contributed by atoms with E-state index >= 15 is 0 Å². The fourth-order valence-corrected chi connectivity index (χ4v) is 7.68. The number of hydrogen-bond donors (Lipinski definition) is 3. The standard InChI is InChI=1S/C50H97NO5/c1-3-5-7-9-11-13-15-16-17-19-23-26-30-34-38-42-48(53)47(46-52)51-49(54)43-39-35-31-27-24-20-18-21-25-29-33-37-41-45-56-50(55)44-40-36-32-28-22-14-12-10-8-6-4-2/h10,12,47-48,52-53H,3-9,11,13-46H2,1-2H3,(H,51,54)/b12-10-. The van der Waals surface area contributed by atoms with E-state index in [4.69, 9.17) is 4.74 Å². The van der Waals surface area contributed by atoms with Crippen molar-refractivity contribution in [2.45, 2.75) is 283 Å². The van der Waals surface area contributed by atoms with Crippen LogP contribution in [0.1, 0.15) is 271 Å². The van der Waals surface area contributed by atoms with Crippen LogP contribution in [-0.2, 0) is 14.3 Å². The van der Waals surface area contributed by atoms with Crippen molar-refractivity contribution < 1.29 is 24.5 Å². The first-order valence-corrected chi connectivity index (χ1v) is 24.9. The Morgan fingerprint density at radius 1 is 0.482 bits per heavy atom. The van der Waals surface area contributed by atoms with Gasteiger partial charge in [0.1, 0.15) is 0 Å². The van der Waals surface area contributed by atoms with Gasteiger partial charge in [-0.15, -0.1) is 0 Å². The molecule has 0 aliphatic rings. The molecule has 0 rings (SSSR count). The van der Waals surface area contributed by atoms with Crippen LogP contribution in [0.2, 0.25) is 0 Å². The molecule has 6 heteroatoms. The summed E-state index contributed by atoms with van der Waals surface area (Å²) < 4.78 is 5.44. The van der Waals surface area contributed by atoms with Crippen LogP contribution in [0.15, 0.2) is 12.2 Å². The highest BCUT2D eigenvalue weighted by Gasteiger charge is 2.20. The van der Waals surface area contributed by atoms with Gasteiger partial charge in [0, 0.05) is 12.8 Å². The molecule has 0 saturated heterocycles. The summed E-state index contributed by atoms with van der Waals surface area (Å²) in [6.07, 6.45) is 51.7. The smallest absolute Gasteiger partial charge is 0.305 e. The molecular weight excluding hydrogens is 695 g/mol. The van der Waals surface area contributed by atoms with E-state index in [1.165, 1.54) is 186 Å². The first-order chi connectivity index (χ1) is 27.5. The number of amides is 1. The third kappa shape index (κ3) is 42.2. The van der Waals surface area contributed by atoms with E-state index in [0.717, 1.165) is 51.4 Å². The second kappa shape index (κ2) is 46.3. The van der Waals surface area contributed by atoms with E-state index in [0.29, 0.717) is 25.9 Å². The Labute approximate surface area is 349 Å². The Morgan fingerprint density at radius 3 is 1.32 bits per heavy atom. The number of unbranched alkanes of at least 4 members (excludes halogenated alkanes) is 33. The van der Waals surface area contributed by atoms with Gasteiger partial charge in [0.2, 0.25) is 5.91 Å². The summed E-state index contributed by atoms with van der Waals surface area (Å²) in [5, 5.41) is 23.2. The molecule has 2 unspecified atom stereocenters. The van der Waals surface area contributed by atoms with Crippen LogP contribution in [0.25, 0.3) is 0 Å². The summed E-state index contributed by atoms with van der Waals surface area (Å²) in [5.74, 6) is -0.0637. The second-order valence-electron chi connectivity index (χ2n) is 17.1. The van der Waals surface area contributed by atoms with Crippen LogP contribution in [0.5, 0.6) is 0 Å². The Morgan fingerprint density at radius 2 is 0.857 bits per heavy atom. The van der Waals surface area contributed by atoms with E-state index in [1.807, 2.05) is 0 Å². The fraction of sp³-hybridized carbons (Fsp3) is 0.920. The van der Waals surface area contributed by atoms with E-state index in [1.54, 1.807) is 0 Å². The molecule has 0 bridgehead atoms. The largest absolute Gasteiger partial charge is 0.466 e. The molecule has 6 nitrogen and oxygen atoms in total. The number of rotatable bonds is 46. The average Bonchev–Trinajstić information content (AvgIpc) is 3.20. The van der Waals surface area contributed by atoms with Gasteiger partial charge in [0.15, 0.2) is 0 Å². The van der Waals surface area contributed by atoms with Gasteiger partial charge in [-0.2, -0.15) is 0 Å². The molecular formula is C50H97NO5. The van der Waals surface area contributed by atoms with Gasteiger partial charge in [-0.05, 0) is 44.9 Å². The van der Waals surface area contributed by atoms with Crippen LogP contribution < -0.4 is 5.32 Å². The molecule has 1 amide bonds. The molecule has 332 valence electrons. The number of allylic oxidation sites excluding steroid dienone is 2. The monoisotopic (exact) mass is 792 g/mol. The molecule has 2 atom stereocenters. The van der Waals surface area contributed by atoms with Crippen LogP contribution in [-0.4, -0.2) is 47.4 Å². The van der Waals surface area contributed by atoms with Crippen molar-refractivity contribution in [1.82, 2.24) is 5.32 Å². The predicted octanol–water partition coefficient (Wildman–Crippen LogP) is 14.6. The van der Waals surface area contributed by atoms with Gasteiger partial charge in [0.25, 0.3) is 0 Å². The third-order valence-electron chi connectivity index (χ3n) is 11.6. The lowest BCUT2D eigenvalue weighted by Gasteiger charge is -2.22. The molecule has 0 aliphatic heterocycles. The summed E-state index contributed by atoms with van der Waals surface area (Å²) >= 11 is 0. The van der Waals surface area contributed by atoms with Gasteiger partial charge in [-0.3, -0.25) is 9.59 Å². The first-order valence-electron chi connectivity index (χ1n) is 24.9. The lowest BCUT2D eigenvalue weighted by atomic mass is 10.0. The summed E-state index contributed by atoms with van der Waals surface area (Å²) in [7, 11) is 0. The molecule has 0 heterocycles. The molecule has 0 saturated carbocycles. The molecule has 0 aromatic heterocycles. The number of carbonyl (C=O) groups is 2. The second-order valence-corrected chi connectivity index (χ2v) is 17.1. The molecule has 0 spiro atoms. The minimum Gasteiger partial charge on any atom is -0.466 e. The van der Waals surface area contributed by atoms with E-state index in [9.17, 15) is 19.8 Å². The maximum atomic E-state index is 12.4. The number of hydrogen-bond acceptors (Lipinski definition) is 5. The minimum absolute atomic E-state index is 0.0164. The highest BCUT2D eigenvalue weighted by molar-refractivity contribution is 5.76. The molecule has 0 aliphatic carbocycles. The molecule has 0 radical (unpaired) electrons. The number of aliphatic hydroxyl groups is 2. The molecule has 0 fully saturated rings. The van der Waals surface area contributed by atoms with Crippen molar-refractivity contribution in [3.8, 4) is 0 Å². The SMILES string of the molecule is CCCC/C=C\CCCCCCCC(=O)OCCCCCCCCCCCCCCCC(=O)NC(CO)C(O)CCCCCCCCCCCCCCCCC. The van der Waals surface area contributed by atoms with Gasteiger partial charge < -0.3 is 20.3 Å². The van der Waals surface area contributed by atoms with Crippen molar-refractivity contribution >= 4 is 11.9 Å². The average molecular weight is 792 g/mol. The third-order valence-corrected chi connectivity index (χ3v) is 11.6. The Balaban J connectivity index is 3.46. The van der Waals surface area contributed by atoms with Gasteiger partial charge in [0.05, 0.1) is 25.4 Å². The van der Waals surface area contributed by atoms with Gasteiger partial charge in [-0.1, -0.05) is 225 Å². The number of carbonyl (C=O) groups excluding carboxylic acids is 2. The highest BCUT2D eigenvalue weighted by Crippen LogP contribution is 2.16. The Kier molecular flexibility index (Phi) is 45.1. The normalized spacial score (nSPS) is 12.7. The zero-order valence-corrected chi connectivity index (χ0v) is 37.6. The fourth-order valence-electron chi connectivity index (χ4n) is 7.68. The van der Waals surface area contributed by atoms with Crippen molar-refractivity contribution in [2.75, 3.05) is 13.2 Å². The molecule has 56 heavy (non-hydrogen) atoms. The van der Waals surface area contributed by atoms with Crippen molar-refractivity contribution in [1.29, 1.82) is 0 Å². The maximum absolute atomic E-state index is 12.4. The summed E-state index contributed by atoms with van der Waals surface area (Å²) in [6.45, 7) is 4.89. The van der Waals surface area contributed by atoms with Crippen LogP contribution in [0.3, 0.4) is 0 Å². The molecule has 0 aromatic carbocycles. The lowest BCUT2D eigenvalue weighted by molar-refractivity contribution is -0.143. The van der Waals surface area contributed by atoms with Gasteiger partial charge >= 0.3 is 5.97 Å². The van der Waals surface area contributed by atoms with Crippen LogP contribution >= 0.6 is 0 Å². The van der Waals surface area contributed by atoms with Gasteiger partial charge in [-0.25, -0.2) is 0 Å². The summed E-state index contributed by atoms with van der Waals surface area (Å²) in [5.41, 5.74) is 0. The van der Waals surface area contributed by atoms with E-state index < -0.39 is 12.1 Å². The number of aliphatic hydroxyl groups excluding tert-OH is 2. The Bertz CT molecular complexity index is 832. The number of ether oxygens (including phenoxy) is 1. The van der Waals surface area contributed by atoms with Crippen molar-refractivity contribution in [3.05, 3.63) is 12.2 Å². The van der Waals surface area contributed by atoms with Crippen LogP contribution in [0, 0.1) is 0 Å². The van der Waals surface area contributed by atoms with Crippen molar-refractivity contribution in [3.63, 3.8) is 0 Å². The highest BCUT2D eigenvalue weighted by atomic mass is 16.5. The van der Waals surface area contributed by atoms with E-state index in [-0.39, 0.29) is 18.5 Å². The van der Waals surface area contributed by atoms with Crippen molar-refractivity contribution in [2.24, 2.45) is 0 Å². The minimum atomic E-state index is -0.671.